The molecule has 0 amide bonds. The molecule has 0 saturated carbocycles. The van der Waals surface area contributed by atoms with Gasteiger partial charge in [-0.25, -0.2) is 9.78 Å². The van der Waals surface area contributed by atoms with E-state index in [1.54, 1.807) is 12.1 Å². The Labute approximate surface area is 93.3 Å². The average Bonchev–Trinajstić information content (AvgIpc) is 2.81. The highest BCUT2D eigenvalue weighted by atomic mass is 16.5. The van der Waals surface area contributed by atoms with Crippen LogP contribution in [0.1, 0.15) is 16.8 Å². The molecule has 1 fully saturated rings. The maximum Gasteiger partial charge on any atom is 0.338 e. The van der Waals surface area contributed by atoms with Gasteiger partial charge in [0, 0.05) is 18.7 Å². The van der Waals surface area contributed by atoms with Gasteiger partial charge in [0.2, 0.25) is 5.88 Å². The first-order chi connectivity index (χ1) is 7.79. The number of nitrogens with zero attached hydrogens (tertiary/aromatic N) is 1. The Morgan fingerprint density at radius 3 is 3.19 bits per heavy atom. The molecule has 1 aliphatic rings. The van der Waals surface area contributed by atoms with Crippen molar-refractivity contribution in [3.63, 3.8) is 0 Å². The van der Waals surface area contributed by atoms with E-state index in [0.717, 1.165) is 6.42 Å². The van der Waals surface area contributed by atoms with Gasteiger partial charge >= 0.3 is 5.97 Å². The molecule has 0 aliphatic carbocycles. The number of hydrogen-bond acceptors (Lipinski definition) is 5. The molecule has 0 radical (unpaired) electrons. The molecule has 86 valence electrons. The zero-order chi connectivity index (χ0) is 11.4. The topological polar surface area (TPSA) is 57.7 Å². The van der Waals surface area contributed by atoms with Crippen LogP contribution in [0.4, 0.5) is 0 Å². The first-order valence-electron chi connectivity index (χ1n) is 5.08. The summed E-state index contributed by atoms with van der Waals surface area (Å²) in [6.45, 7) is 1.28. The van der Waals surface area contributed by atoms with Crippen LogP contribution in [-0.4, -0.2) is 37.4 Å². The van der Waals surface area contributed by atoms with E-state index in [1.165, 1.54) is 13.3 Å². The summed E-state index contributed by atoms with van der Waals surface area (Å²) >= 11 is 0. The lowest BCUT2D eigenvalue weighted by Crippen LogP contribution is -2.16. The predicted octanol–water partition coefficient (Wildman–Crippen LogP) is 1.04. The quantitative estimate of drug-likeness (QED) is 0.716. The van der Waals surface area contributed by atoms with E-state index in [1.807, 2.05) is 0 Å². The highest BCUT2D eigenvalue weighted by Crippen LogP contribution is 2.15. The summed E-state index contributed by atoms with van der Waals surface area (Å²) in [6, 6.07) is 3.16. The molecule has 1 atom stereocenters. The number of esters is 1. The van der Waals surface area contributed by atoms with Gasteiger partial charge in [0.25, 0.3) is 0 Å². The van der Waals surface area contributed by atoms with Crippen LogP contribution in [0.3, 0.4) is 0 Å². The molecule has 1 aromatic rings. The van der Waals surface area contributed by atoms with Crippen molar-refractivity contribution in [3.8, 4) is 5.88 Å². The minimum atomic E-state index is -0.394. The molecule has 1 saturated heterocycles. The third-order valence-electron chi connectivity index (χ3n) is 2.33. The van der Waals surface area contributed by atoms with E-state index in [4.69, 9.17) is 9.47 Å². The van der Waals surface area contributed by atoms with Crippen LogP contribution in [0.25, 0.3) is 0 Å². The van der Waals surface area contributed by atoms with Gasteiger partial charge in [-0.1, -0.05) is 0 Å². The molecule has 1 aliphatic heterocycles. The van der Waals surface area contributed by atoms with Crippen molar-refractivity contribution >= 4 is 5.97 Å². The van der Waals surface area contributed by atoms with Gasteiger partial charge in [0.05, 0.1) is 25.9 Å². The Morgan fingerprint density at radius 2 is 2.50 bits per heavy atom. The lowest BCUT2D eigenvalue weighted by Gasteiger charge is -2.10. The minimum absolute atomic E-state index is 0.0281. The van der Waals surface area contributed by atoms with Gasteiger partial charge in [-0.3, -0.25) is 0 Å². The second kappa shape index (κ2) is 4.94. The monoisotopic (exact) mass is 223 g/mol. The van der Waals surface area contributed by atoms with Crippen LogP contribution in [-0.2, 0) is 9.47 Å². The molecule has 2 rings (SSSR count). The molecule has 0 aromatic carbocycles. The van der Waals surface area contributed by atoms with E-state index in [2.05, 4.69) is 9.72 Å². The smallest absolute Gasteiger partial charge is 0.338 e. The summed E-state index contributed by atoms with van der Waals surface area (Å²) in [5.74, 6) is 0.0355. The molecule has 0 N–H and O–H groups in total. The molecular formula is C11H13NO4. The zero-order valence-corrected chi connectivity index (χ0v) is 9.01. The van der Waals surface area contributed by atoms with E-state index >= 15 is 0 Å². The van der Waals surface area contributed by atoms with Crippen LogP contribution in [0, 0.1) is 0 Å². The molecule has 5 heteroatoms. The van der Waals surface area contributed by atoms with Crippen LogP contribution in [0.5, 0.6) is 5.88 Å². The Kier molecular flexibility index (Phi) is 3.36. The van der Waals surface area contributed by atoms with Gasteiger partial charge in [-0.2, -0.15) is 0 Å². The number of aromatic nitrogens is 1. The van der Waals surface area contributed by atoms with Crippen molar-refractivity contribution < 1.29 is 19.0 Å². The van der Waals surface area contributed by atoms with Crippen molar-refractivity contribution in [2.24, 2.45) is 0 Å². The van der Waals surface area contributed by atoms with Crippen molar-refractivity contribution in [3.05, 3.63) is 23.9 Å². The van der Waals surface area contributed by atoms with Crippen LogP contribution in [0.15, 0.2) is 18.3 Å². The summed E-state index contributed by atoms with van der Waals surface area (Å²) in [4.78, 5) is 15.3. The number of hydrogen-bond donors (Lipinski definition) is 0. The molecule has 0 bridgehead atoms. The lowest BCUT2D eigenvalue weighted by molar-refractivity contribution is 0.0599. The number of ether oxygens (including phenoxy) is 3. The van der Waals surface area contributed by atoms with E-state index in [-0.39, 0.29) is 6.10 Å². The fourth-order valence-electron chi connectivity index (χ4n) is 1.50. The summed E-state index contributed by atoms with van der Waals surface area (Å²) in [6.07, 6.45) is 2.40. The molecular weight excluding hydrogens is 210 g/mol. The highest BCUT2D eigenvalue weighted by molar-refractivity contribution is 5.89. The number of rotatable bonds is 3. The molecule has 0 spiro atoms. The van der Waals surface area contributed by atoms with E-state index < -0.39 is 5.97 Å². The second-order valence-electron chi connectivity index (χ2n) is 3.48. The number of carbonyl (C=O) groups excluding carboxylic acids is 1. The summed E-state index contributed by atoms with van der Waals surface area (Å²) in [7, 11) is 1.34. The van der Waals surface area contributed by atoms with Crippen molar-refractivity contribution in [2.45, 2.75) is 12.5 Å². The van der Waals surface area contributed by atoms with E-state index in [0.29, 0.717) is 24.7 Å². The summed E-state index contributed by atoms with van der Waals surface area (Å²) < 4.78 is 15.4. The Balaban J connectivity index is 2.06. The minimum Gasteiger partial charge on any atom is -0.472 e. The number of methoxy groups -OCH3 is 1. The lowest BCUT2D eigenvalue weighted by atomic mass is 10.2. The third-order valence-corrected chi connectivity index (χ3v) is 2.33. The highest BCUT2D eigenvalue weighted by Gasteiger charge is 2.18. The molecule has 1 aromatic heterocycles. The van der Waals surface area contributed by atoms with Crippen LogP contribution >= 0.6 is 0 Å². The molecule has 1 unspecified atom stereocenters. The van der Waals surface area contributed by atoms with Crippen LogP contribution in [0.2, 0.25) is 0 Å². The predicted molar refractivity (Wildman–Crippen MR) is 55.4 cm³/mol. The SMILES string of the molecule is COC(=O)c1ccnc(OC2CCOC2)c1. The molecule has 16 heavy (non-hydrogen) atoms. The maximum atomic E-state index is 11.3. The normalized spacial score (nSPS) is 19.4. The van der Waals surface area contributed by atoms with Crippen LogP contribution < -0.4 is 4.74 Å². The average molecular weight is 223 g/mol. The Bertz CT molecular complexity index is 374. The Hall–Kier alpha value is -1.62. The standard InChI is InChI=1S/C11H13NO4/c1-14-11(13)8-2-4-12-10(6-8)16-9-3-5-15-7-9/h2,4,6,9H,3,5,7H2,1H3. The van der Waals surface area contributed by atoms with Crippen molar-refractivity contribution in [1.82, 2.24) is 4.98 Å². The maximum absolute atomic E-state index is 11.3. The molecule has 2 heterocycles. The zero-order valence-electron chi connectivity index (χ0n) is 9.01. The fourth-order valence-corrected chi connectivity index (χ4v) is 1.50. The Morgan fingerprint density at radius 1 is 1.62 bits per heavy atom. The summed E-state index contributed by atoms with van der Waals surface area (Å²) in [5.41, 5.74) is 0.436. The summed E-state index contributed by atoms with van der Waals surface area (Å²) in [5, 5.41) is 0. The van der Waals surface area contributed by atoms with Gasteiger partial charge < -0.3 is 14.2 Å². The number of pyridine rings is 1. The number of carbonyl (C=O) groups is 1. The van der Waals surface area contributed by atoms with Gasteiger partial charge in [0.15, 0.2) is 0 Å². The second-order valence-corrected chi connectivity index (χ2v) is 3.48. The van der Waals surface area contributed by atoms with Gasteiger partial charge in [-0.05, 0) is 6.07 Å². The van der Waals surface area contributed by atoms with Crippen molar-refractivity contribution in [2.75, 3.05) is 20.3 Å². The van der Waals surface area contributed by atoms with Gasteiger partial charge in [0.1, 0.15) is 6.10 Å². The van der Waals surface area contributed by atoms with Crippen molar-refractivity contribution in [1.29, 1.82) is 0 Å². The largest absolute Gasteiger partial charge is 0.472 e. The fraction of sp³-hybridized carbons (Fsp3) is 0.455. The first-order valence-corrected chi connectivity index (χ1v) is 5.08. The molecule has 5 nitrogen and oxygen atoms in total. The van der Waals surface area contributed by atoms with Gasteiger partial charge in [-0.15, -0.1) is 0 Å². The third kappa shape index (κ3) is 2.49. The van der Waals surface area contributed by atoms with E-state index in [9.17, 15) is 4.79 Å². The first kappa shape index (κ1) is 10.9.